The topological polar surface area (TPSA) is 60.0 Å². The smallest absolute Gasteiger partial charge is 0.262 e. The summed E-state index contributed by atoms with van der Waals surface area (Å²) in [6, 6.07) is 14.0. The number of amides is 1. The molecule has 2 aromatic carbocycles. The molecule has 1 heterocycles. The maximum absolute atomic E-state index is 13.7. The van der Waals surface area contributed by atoms with Crippen LogP contribution in [0.3, 0.4) is 0 Å². The highest BCUT2D eigenvalue weighted by Gasteiger charge is 2.42. The van der Waals surface area contributed by atoms with E-state index in [1.54, 1.807) is 33.1 Å². The van der Waals surface area contributed by atoms with Gasteiger partial charge in [-0.2, -0.15) is 0 Å². The Balaban J connectivity index is 1.69. The molecule has 33 heavy (non-hydrogen) atoms. The van der Waals surface area contributed by atoms with Crippen molar-refractivity contribution in [3.8, 4) is 17.2 Å². The van der Waals surface area contributed by atoms with Crippen LogP contribution in [0, 0.1) is 5.92 Å². The molecule has 1 saturated carbocycles. The number of nitrogens with one attached hydrogen (secondary N) is 1. The molecule has 0 aromatic heterocycles. The number of hydrogen-bond donors (Lipinski definition) is 1. The Labute approximate surface area is 200 Å². The lowest BCUT2D eigenvalue weighted by atomic mass is 9.85. The molecule has 0 radical (unpaired) electrons. The Hall–Kier alpha value is -2.80. The van der Waals surface area contributed by atoms with Crippen molar-refractivity contribution < 1.29 is 19.0 Å². The molecule has 2 aliphatic rings. The van der Waals surface area contributed by atoms with E-state index in [-0.39, 0.29) is 17.4 Å². The maximum atomic E-state index is 13.7. The summed E-state index contributed by atoms with van der Waals surface area (Å²) < 4.78 is 16.4. The average molecular weight is 469 g/mol. The number of rotatable bonds is 7. The number of anilines is 1. The van der Waals surface area contributed by atoms with Gasteiger partial charge >= 0.3 is 0 Å². The zero-order valence-electron chi connectivity index (χ0n) is 19.7. The third kappa shape index (κ3) is 4.93. The zero-order valence-corrected chi connectivity index (χ0v) is 20.5. The summed E-state index contributed by atoms with van der Waals surface area (Å²) in [7, 11) is 4.77. The van der Waals surface area contributed by atoms with Crippen LogP contribution in [0.1, 0.15) is 38.2 Å². The first-order chi connectivity index (χ1) is 16.0. The number of carbonyl (C=O) groups is 1. The minimum Gasteiger partial charge on any atom is -0.493 e. The molecule has 7 heteroatoms. The second kappa shape index (κ2) is 10.4. The predicted molar refractivity (Wildman–Crippen MR) is 134 cm³/mol. The third-order valence-electron chi connectivity index (χ3n) is 6.41. The van der Waals surface area contributed by atoms with E-state index >= 15 is 0 Å². The number of carbonyl (C=O) groups excluding carboxylic acids is 1. The van der Waals surface area contributed by atoms with Crippen molar-refractivity contribution in [1.82, 2.24) is 4.90 Å². The highest BCUT2D eigenvalue weighted by atomic mass is 32.2. The van der Waals surface area contributed by atoms with E-state index in [0.717, 1.165) is 30.5 Å². The van der Waals surface area contributed by atoms with Crippen LogP contribution in [0.25, 0.3) is 6.08 Å². The van der Waals surface area contributed by atoms with E-state index in [1.165, 1.54) is 6.42 Å². The van der Waals surface area contributed by atoms with E-state index in [2.05, 4.69) is 17.1 Å². The summed E-state index contributed by atoms with van der Waals surface area (Å²) in [4.78, 5) is 16.5. The molecule has 1 N–H and O–H groups in total. The molecule has 0 bridgehead atoms. The number of methoxy groups -OCH3 is 3. The van der Waals surface area contributed by atoms with E-state index in [1.807, 2.05) is 48.5 Å². The van der Waals surface area contributed by atoms with Gasteiger partial charge in [-0.15, -0.1) is 0 Å². The zero-order chi connectivity index (χ0) is 23.4. The van der Waals surface area contributed by atoms with Crippen molar-refractivity contribution in [1.29, 1.82) is 0 Å². The van der Waals surface area contributed by atoms with Gasteiger partial charge in [-0.1, -0.05) is 49.7 Å². The largest absolute Gasteiger partial charge is 0.493 e. The SMILES string of the molecule is COc1cc(/C=C2\SC(Nc3ccccc3)N([C@H]3CCCC[C@H]3C)C2=O)cc(OC)c1OC. The van der Waals surface area contributed by atoms with Crippen LogP contribution in [0.2, 0.25) is 0 Å². The molecule has 1 aliphatic heterocycles. The third-order valence-corrected chi connectivity index (χ3v) is 7.52. The van der Waals surface area contributed by atoms with Crippen molar-refractivity contribution in [2.24, 2.45) is 5.92 Å². The van der Waals surface area contributed by atoms with Crippen LogP contribution in [0.15, 0.2) is 47.4 Å². The summed E-state index contributed by atoms with van der Waals surface area (Å²) >= 11 is 1.56. The van der Waals surface area contributed by atoms with Gasteiger partial charge < -0.3 is 24.4 Å². The van der Waals surface area contributed by atoms with E-state index in [0.29, 0.717) is 28.1 Å². The summed E-state index contributed by atoms with van der Waals surface area (Å²) in [5, 5.41) is 3.58. The Morgan fingerprint density at radius 3 is 2.27 bits per heavy atom. The summed E-state index contributed by atoms with van der Waals surface area (Å²) in [5.41, 5.74) is 1.68. The molecule has 4 rings (SSSR count). The molecule has 1 aliphatic carbocycles. The Morgan fingerprint density at radius 2 is 1.67 bits per heavy atom. The predicted octanol–water partition coefficient (Wildman–Crippen LogP) is 5.60. The number of thioether (sulfide) groups is 1. The van der Waals surface area contributed by atoms with Crippen LogP contribution < -0.4 is 19.5 Å². The van der Waals surface area contributed by atoms with Gasteiger partial charge in [0.2, 0.25) is 5.75 Å². The van der Waals surface area contributed by atoms with Gasteiger partial charge in [-0.05, 0) is 54.7 Å². The Bertz CT molecular complexity index is 986. The molecule has 2 aromatic rings. The molecular weight excluding hydrogens is 436 g/mol. The lowest BCUT2D eigenvalue weighted by Crippen LogP contribution is -2.48. The highest BCUT2D eigenvalue weighted by Crippen LogP contribution is 2.44. The highest BCUT2D eigenvalue weighted by molar-refractivity contribution is 8.05. The molecular formula is C26H32N2O4S. The van der Waals surface area contributed by atoms with Crippen LogP contribution in [-0.2, 0) is 4.79 Å². The van der Waals surface area contributed by atoms with Crippen molar-refractivity contribution in [2.45, 2.75) is 44.1 Å². The van der Waals surface area contributed by atoms with Crippen molar-refractivity contribution in [3.05, 3.63) is 52.9 Å². The Kier molecular flexibility index (Phi) is 7.38. The number of para-hydroxylation sites is 1. The van der Waals surface area contributed by atoms with Gasteiger partial charge in [0.1, 0.15) is 0 Å². The van der Waals surface area contributed by atoms with Gasteiger partial charge in [0.15, 0.2) is 17.0 Å². The second-order valence-corrected chi connectivity index (χ2v) is 9.61. The minimum atomic E-state index is -0.154. The van der Waals surface area contributed by atoms with Crippen molar-refractivity contribution in [3.63, 3.8) is 0 Å². The molecule has 176 valence electrons. The van der Waals surface area contributed by atoms with Crippen LogP contribution in [0.4, 0.5) is 5.69 Å². The first-order valence-electron chi connectivity index (χ1n) is 11.4. The van der Waals surface area contributed by atoms with Gasteiger partial charge in [0, 0.05) is 11.7 Å². The number of nitrogens with zero attached hydrogens (tertiary/aromatic N) is 1. The van der Waals surface area contributed by atoms with E-state index < -0.39 is 0 Å². The number of ether oxygens (including phenoxy) is 3. The monoisotopic (exact) mass is 468 g/mol. The normalized spacial score (nSPS) is 24.1. The van der Waals surface area contributed by atoms with Gasteiger partial charge in [0.25, 0.3) is 5.91 Å². The van der Waals surface area contributed by atoms with Crippen LogP contribution in [0.5, 0.6) is 17.2 Å². The number of benzene rings is 2. The minimum absolute atomic E-state index is 0.0703. The average Bonchev–Trinajstić information content (AvgIpc) is 3.13. The fraction of sp³-hybridized carbons (Fsp3) is 0.423. The molecule has 3 atom stereocenters. The fourth-order valence-corrected chi connectivity index (χ4v) is 5.91. The molecule has 6 nitrogen and oxygen atoms in total. The van der Waals surface area contributed by atoms with Gasteiger partial charge in [-0.25, -0.2) is 0 Å². The van der Waals surface area contributed by atoms with E-state index in [9.17, 15) is 4.79 Å². The second-order valence-electron chi connectivity index (χ2n) is 8.49. The molecule has 1 saturated heterocycles. The first kappa shape index (κ1) is 23.4. The summed E-state index contributed by atoms with van der Waals surface area (Å²) in [6.07, 6.45) is 6.51. The molecule has 1 unspecified atom stereocenters. The quantitative estimate of drug-likeness (QED) is 0.534. The van der Waals surface area contributed by atoms with Crippen molar-refractivity contribution >= 4 is 29.4 Å². The first-order valence-corrected chi connectivity index (χ1v) is 12.3. The summed E-state index contributed by atoms with van der Waals surface area (Å²) in [6.45, 7) is 2.27. The molecule has 0 spiro atoms. The fourth-order valence-electron chi connectivity index (χ4n) is 4.70. The van der Waals surface area contributed by atoms with Crippen molar-refractivity contribution in [2.75, 3.05) is 26.6 Å². The van der Waals surface area contributed by atoms with Crippen LogP contribution in [-0.4, -0.2) is 43.7 Å². The Morgan fingerprint density at radius 1 is 1.00 bits per heavy atom. The van der Waals surface area contributed by atoms with Gasteiger partial charge in [-0.3, -0.25) is 4.79 Å². The maximum Gasteiger partial charge on any atom is 0.262 e. The van der Waals surface area contributed by atoms with E-state index in [4.69, 9.17) is 14.2 Å². The van der Waals surface area contributed by atoms with Gasteiger partial charge in [0.05, 0.1) is 26.2 Å². The number of hydrogen-bond acceptors (Lipinski definition) is 6. The summed E-state index contributed by atoms with van der Waals surface area (Å²) in [5.74, 6) is 2.21. The van der Waals surface area contributed by atoms with Crippen LogP contribution >= 0.6 is 11.8 Å². The molecule has 1 amide bonds. The lowest BCUT2D eigenvalue weighted by molar-refractivity contribution is -0.129. The standard InChI is InChI=1S/C26H32N2O4S/c1-17-10-8-9-13-20(17)28-25(29)23(33-26(28)27-19-11-6-5-7-12-19)16-18-14-21(30-2)24(32-4)22(15-18)31-3/h5-7,11-12,14-17,20,26-27H,8-10,13H2,1-4H3/b23-16-/t17-,20+,26?/m1/s1. The lowest BCUT2D eigenvalue weighted by Gasteiger charge is -2.39. The molecule has 2 fully saturated rings.